The summed E-state index contributed by atoms with van der Waals surface area (Å²) < 4.78 is 0. The average Bonchev–Trinajstić information content (AvgIpc) is 3.27. The zero-order chi connectivity index (χ0) is 41.0. The molecule has 2 N–H and O–H groups in total. The summed E-state index contributed by atoms with van der Waals surface area (Å²) in [5.74, 6) is -0.389. The van der Waals surface area contributed by atoms with Crippen molar-refractivity contribution >= 4 is 55.9 Å². The predicted molar refractivity (Wildman–Crippen MR) is 242 cm³/mol. The number of nitrogens with zero attached hydrogens (tertiary/aromatic N) is 2. The van der Waals surface area contributed by atoms with E-state index in [4.69, 9.17) is 9.98 Å². The fraction of sp³-hybridized carbons (Fsp3) is 0.148. The van der Waals surface area contributed by atoms with Crippen LogP contribution in [-0.4, -0.2) is 33.2 Å². The first-order valence-electron chi connectivity index (χ1n) is 20.6. The van der Waals surface area contributed by atoms with Crippen LogP contribution in [0.15, 0.2) is 203 Å². The fourth-order valence-electron chi connectivity index (χ4n) is 8.91. The molecule has 7 aromatic carbocycles. The molecule has 2 fully saturated rings. The second-order valence-corrected chi connectivity index (χ2v) is 15.8. The molecule has 0 spiro atoms. The van der Waals surface area contributed by atoms with Crippen LogP contribution in [0.1, 0.15) is 59.8 Å². The smallest absolute Gasteiger partial charge is 0.168 e. The van der Waals surface area contributed by atoms with Crippen LogP contribution in [0.2, 0.25) is 0 Å². The third-order valence-electron chi connectivity index (χ3n) is 11.9. The molecule has 7 aromatic rings. The van der Waals surface area contributed by atoms with E-state index >= 15 is 0 Å². The molecule has 2 unspecified atom stereocenters. The van der Waals surface area contributed by atoms with Gasteiger partial charge in [-0.3, -0.25) is 19.6 Å². The number of aliphatic hydroxyl groups is 2. The van der Waals surface area contributed by atoms with Gasteiger partial charge in [-0.25, -0.2) is 0 Å². The van der Waals surface area contributed by atoms with E-state index in [1.807, 2.05) is 170 Å². The third-order valence-corrected chi connectivity index (χ3v) is 11.9. The lowest BCUT2D eigenvalue weighted by Gasteiger charge is -2.26. The topological polar surface area (TPSA) is 99.3 Å². The normalized spacial score (nSPS) is 20.2. The molecule has 0 heterocycles. The Bertz CT molecular complexity index is 2660. The van der Waals surface area contributed by atoms with E-state index in [0.29, 0.717) is 35.6 Å². The van der Waals surface area contributed by atoms with Crippen LogP contribution >= 0.6 is 0 Å². The highest BCUT2D eigenvalue weighted by atomic mass is 16.3. The van der Waals surface area contributed by atoms with Gasteiger partial charge in [-0.15, -0.1) is 0 Å². The van der Waals surface area contributed by atoms with Crippen LogP contribution in [0.4, 0.5) is 11.4 Å². The highest BCUT2D eigenvalue weighted by Gasteiger charge is 2.34. The predicted octanol–water partition coefficient (Wildman–Crippen LogP) is 12.5. The van der Waals surface area contributed by atoms with Crippen molar-refractivity contribution in [1.82, 2.24) is 0 Å². The van der Waals surface area contributed by atoms with Crippen molar-refractivity contribution in [3.63, 3.8) is 0 Å². The number of Topliss-reactive ketones (excluding diaryl/α,β-unsaturated/α-hetero) is 2. The summed E-state index contributed by atoms with van der Waals surface area (Å²) in [4.78, 5) is 38.1. The molecule has 0 aliphatic heterocycles. The molecule has 6 nitrogen and oxygen atoms in total. The second kappa shape index (κ2) is 17.0. The van der Waals surface area contributed by atoms with E-state index in [0.717, 1.165) is 43.8 Å². The summed E-state index contributed by atoms with van der Waals surface area (Å²) in [6.07, 6.45) is 1.95. The highest BCUT2D eigenvalue weighted by Crippen LogP contribution is 2.38. The Kier molecular flexibility index (Phi) is 10.8. The number of hydrogen-bond acceptors (Lipinski definition) is 6. The van der Waals surface area contributed by atoms with Crippen LogP contribution in [-0.2, 0) is 22.4 Å². The van der Waals surface area contributed by atoms with Crippen molar-refractivity contribution in [2.24, 2.45) is 9.98 Å². The molecule has 0 bridgehead atoms. The first-order valence-corrected chi connectivity index (χ1v) is 20.6. The van der Waals surface area contributed by atoms with Gasteiger partial charge in [-0.2, -0.15) is 0 Å². The van der Waals surface area contributed by atoms with Gasteiger partial charge in [-0.1, -0.05) is 146 Å². The van der Waals surface area contributed by atoms with Crippen molar-refractivity contribution in [3.8, 4) is 0 Å². The number of aliphatic hydroxyl groups excluding tert-OH is 2. The summed E-state index contributed by atoms with van der Waals surface area (Å²) in [7, 11) is 0. The molecule has 0 aromatic heterocycles. The standard InChI is InChI=1S/C54H44N2O4/c57-49(31-39-21-11-19-37-17-7-9-23-45(37)39)53-47(29-41(33-51(53)59)35-13-3-1-4-14-35)55-43-25-27-44(28-26-43)56-48-30-42(36-15-5-2-6-16-36)34-52(60)54(48)50(58)32-40-22-12-20-38-18-8-10-24-46(38)40/h1-28,41-42,57-58H,29-34H2. The van der Waals surface area contributed by atoms with Crippen molar-refractivity contribution in [2.45, 2.75) is 50.4 Å². The summed E-state index contributed by atoms with van der Waals surface area (Å²) in [5.41, 5.74) is 6.86. The van der Waals surface area contributed by atoms with Crippen LogP contribution in [0.5, 0.6) is 0 Å². The summed E-state index contributed by atoms with van der Waals surface area (Å²) in [6, 6.07) is 55.5. The van der Waals surface area contributed by atoms with E-state index in [-0.39, 0.29) is 71.8 Å². The Morgan fingerprint density at radius 1 is 0.433 bits per heavy atom. The number of fused-ring (bicyclic) bond motifs is 2. The maximum atomic E-state index is 14.0. The van der Waals surface area contributed by atoms with Gasteiger partial charge in [0.1, 0.15) is 11.5 Å². The van der Waals surface area contributed by atoms with Gasteiger partial charge in [-0.05, 0) is 92.7 Å². The Labute approximate surface area is 349 Å². The molecule has 2 aliphatic carbocycles. The van der Waals surface area contributed by atoms with E-state index in [9.17, 15) is 19.8 Å². The third kappa shape index (κ3) is 8.10. The van der Waals surface area contributed by atoms with Crippen molar-refractivity contribution < 1.29 is 19.8 Å². The molecule has 294 valence electrons. The van der Waals surface area contributed by atoms with Gasteiger partial charge >= 0.3 is 0 Å². The fourth-order valence-corrected chi connectivity index (χ4v) is 8.91. The molecule has 2 saturated carbocycles. The van der Waals surface area contributed by atoms with Gasteiger partial charge in [0.05, 0.1) is 33.9 Å². The van der Waals surface area contributed by atoms with Gasteiger partial charge in [0.25, 0.3) is 0 Å². The Morgan fingerprint density at radius 2 is 0.800 bits per heavy atom. The van der Waals surface area contributed by atoms with Gasteiger partial charge in [0.2, 0.25) is 0 Å². The Hall–Kier alpha value is -7.18. The van der Waals surface area contributed by atoms with Crippen LogP contribution in [0.3, 0.4) is 0 Å². The zero-order valence-corrected chi connectivity index (χ0v) is 33.2. The van der Waals surface area contributed by atoms with E-state index in [2.05, 4.69) is 0 Å². The molecule has 9 rings (SSSR count). The number of hydrogen-bond donors (Lipinski definition) is 2. The minimum Gasteiger partial charge on any atom is -0.511 e. The van der Waals surface area contributed by atoms with Crippen LogP contribution in [0, 0.1) is 0 Å². The SMILES string of the molecule is O=C1CC(c2ccccc2)CC(=Nc2ccc(N=C3CC(c4ccccc4)CC(=O)C3=C(O)Cc3cccc4ccccc34)cc2)C1=C(O)Cc1cccc2ccccc12. The molecule has 0 saturated heterocycles. The maximum Gasteiger partial charge on any atom is 0.168 e. The number of rotatable bonds is 8. The molecule has 60 heavy (non-hydrogen) atoms. The quantitative estimate of drug-likeness (QED) is 0.118. The highest BCUT2D eigenvalue weighted by molar-refractivity contribution is 6.26. The lowest BCUT2D eigenvalue weighted by molar-refractivity contribution is -0.116. The Morgan fingerprint density at radius 3 is 1.22 bits per heavy atom. The van der Waals surface area contributed by atoms with Gasteiger partial charge < -0.3 is 10.2 Å². The lowest BCUT2D eigenvalue weighted by Crippen LogP contribution is -2.27. The first kappa shape index (κ1) is 38.3. The van der Waals surface area contributed by atoms with E-state index in [1.54, 1.807) is 0 Å². The summed E-state index contributed by atoms with van der Waals surface area (Å²) in [5, 5.41) is 27.7. The molecule has 2 aliphatic rings. The van der Waals surface area contributed by atoms with E-state index in [1.165, 1.54) is 0 Å². The number of benzene rings is 7. The summed E-state index contributed by atoms with van der Waals surface area (Å²) in [6.45, 7) is 0. The van der Waals surface area contributed by atoms with Crippen LogP contribution in [0.25, 0.3) is 21.5 Å². The number of allylic oxidation sites excluding steroid dienone is 4. The van der Waals surface area contributed by atoms with Crippen molar-refractivity contribution in [3.05, 3.63) is 215 Å². The van der Waals surface area contributed by atoms with Crippen molar-refractivity contribution in [2.75, 3.05) is 0 Å². The monoisotopic (exact) mass is 784 g/mol. The first-order chi connectivity index (χ1) is 29.4. The average molecular weight is 785 g/mol. The van der Waals surface area contributed by atoms with Crippen LogP contribution < -0.4 is 0 Å². The lowest BCUT2D eigenvalue weighted by atomic mass is 9.78. The minimum absolute atomic E-state index is 0.0159. The van der Waals surface area contributed by atoms with Gasteiger partial charge in [0.15, 0.2) is 11.6 Å². The zero-order valence-electron chi connectivity index (χ0n) is 33.2. The van der Waals surface area contributed by atoms with E-state index < -0.39 is 0 Å². The Balaban J connectivity index is 1.07. The van der Waals surface area contributed by atoms with Gasteiger partial charge in [0, 0.05) is 25.7 Å². The molecule has 2 atom stereocenters. The molecule has 0 radical (unpaired) electrons. The number of aliphatic imine (C=N–C) groups is 2. The minimum atomic E-state index is -0.132. The molecular weight excluding hydrogens is 741 g/mol. The number of ketones is 2. The second-order valence-electron chi connectivity index (χ2n) is 15.8. The molecule has 0 amide bonds. The molecular formula is C54H44N2O4. The number of carbonyl (C=O) groups is 2. The largest absolute Gasteiger partial charge is 0.511 e. The summed E-state index contributed by atoms with van der Waals surface area (Å²) >= 11 is 0. The number of carbonyl (C=O) groups excluding carboxylic acids is 2. The maximum absolute atomic E-state index is 14.0. The molecule has 6 heteroatoms. The van der Waals surface area contributed by atoms with Crippen molar-refractivity contribution in [1.29, 1.82) is 0 Å².